The predicted molar refractivity (Wildman–Crippen MR) is 158 cm³/mol. The van der Waals surface area contributed by atoms with Gasteiger partial charge in [-0.05, 0) is 19.8 Å². The van der Waals surface area contributed by atoms with Crippen molar-refractivity contribution in [3.05, 3.63) is 33.1 Å². The number of alkyl halides is 1. The molecule has 0 spiro atoms. The molecule has 13 heteroatoms. The number of hydrogen-bond acceptors (Lipinski definition) is 8. The van der Waals surface area contributed by atoms with E-state index >= 15 is 4.39 Å². The van der Waals surface area contributed by atoms with Gasteiger partial charge in [0.2, 0.25) is 0 Å². The van der Waals surface area contributed by atoms with E-state index in [0.717, 1.165) is 36.6 Å². The van der Waals surface area contributed by atoms with Crippen molar-refractivity contribution in [2.24, 2.45) is 0 Å². The average molecular weight is 623 g/mol. The van der Waals surface area contributed by atoms with Crippen LogP contribution < -0.4 is 11.2 Å². The summed E-state index contributed by atoms with van der Waals surface area (Å²) < 4.78 is 49.0. The summed E-state index contributed by atoms with van der Waals surface area (Å²) in [6.07, 6.45) is 14.8. The fraction of sp³-hybridized carbons (Fsp3) is 0.862. The highest BCUT2D eigenvalue weighted by Crippen LogP contribution is 2.46. The van der Waals surface area contributed by atoms with Crippen molar-refractivity contribution in [2.45, 2.75) is 134 Å². The second kappa shape index (κ2) is 19.8. The first-order valence-electron chi connectivity index (χ1n) is 15.6. The second-order valence-corrected chi connectivity index (χ2v) is 12.8. The van der Waals surface area contributed by atoms with Gasteiger partial charge in [0.15, 0.2) is 11.9 Å². The molecule has 1 aliphatic rings. The van der Waals surface area contributed by atoms with Crippen LogP contribution in [0.25, 0.3) is 0 Å². The average Bonchev–Trinajstić information content (AvgIpc) is 3.16. The second-order valence-electron chi connectivity index (χ2n) is 11.3. The number of aliphatic hydroxyl groups excluding tert-OH is 1. The number of rotatable bonds is 24. The maximum Gasteiger partial charge on any atom is 0.472 e. The number of unbranched alkanes of at least 4 members (excludes halogenated alkanes) is 13. The summed E-state index contributed by atoms with van der Waals surface area (Å²) in [5, 5.41) is 10.3. The molecule has 5 atom stereocenters. The Hall–Kier alpha value is -1.40. The van der Waals surface area contributed by atoms with E-state index in [1.54, 1.807) is 0 Å². The minimum Gasteiger partial charge on any atom is -0.387 e. The van der Waals surface area contributed by atoms with Crippen molar-refractivity contribution >= 4 is 7.82 Å². The number of hydrogen-bond donors (Lipinski definition) is 3. The Morgan fingerprint density at radius 2 is 1.48 bits per heavy atom. The number of aliphatic hydroxyl groups is 1. The first-order valence-corrected chi connectivity index (χ1v) is 17.1. The largest absolute Gasteiger partial charge is 0.472 e. The molecule has 2 rings (SSSR count). The smallest absolute Gasteiger partial charge is 0.387 e. The monoisotopic (exact) mass is 622 g/mol. The topological polar surface area (TPSA) is 149 Å². The van der Waals surface area contributed by atoms with Crippen LogP contribution in [-0.2, 0) is 23.1 Å². The van der Waals surface area contributed by atoms with Crippen molar-refractivity contribution in [1.29, 1.82) is 0 Å². The molecule has 2 heterocycles. The number of phosphoric acid groups is 1. The van der Waals surface area contributed by atoms with E-state index in [-0.39, 0.29) is 6.61 Å². The van der Waals surface area contributed by atoms with Gasteiger partial charge < -0.3 is 19.5 Å². The van der Waals surface area contributed by atoms with Gasteiger partial charge >= 0.3 is 13.5 Å². The third kappa shape index (κ3) is 13.5. The zero-order valence-corrected chi connectivity index (χ0v) is 26.2. The third-order valence-electron chi connectivity index (χ3n) is 7.55. The quantitative estimate of drug-likeness (QED) is 0.0997. The summed E-state index contributed by atoms with van der Waals surface area (Å²) in [5.74, 6) is 0. The van der Waals surface area contributed by atoms with E-state index in [9.17, 15) is 24.2 Å². The molecule has 3 N–H and O–H groups in total. The molecular formula is C29H52FN2O9P. The zero-order valence-electron chi connectivity index (χ0n) is 25.3. The van der Waals surface area contributed by atoms with Gasteiger partial charge in [0.25, 0.3) is 5.56 Å². The molecule has 244 valence electrons. The third-order valence-corrected chi connectivity index (χ3v) is 8.54. The van der Waals surface area contributed by atoms with E-state index in [1.807, 2.05) is 4.98 Å². The Kier molecular flexibility index (Phi) is 17.3. The number of aromatic nitrogens is 2. The maximum atomic E-state index is 15.2. The molecule has 0 amide bonds. The van der Waals surface area contributed by atoms with Gasteiger partial charge in [-0.2, -0.15) is 0 Å². The molecular weight excluding hydrogens is 570 g/mol. The molecule has 0 bridgehead atoms. The molecule has 0 aromatic carbocycles. The Morgan fingerprint density at radius 3 is 2.05 bits per heavy atom. The molecule has 0 radical (unpaired) electrons. The van der Waals surface area contributed by atoms with E-state index in [4.69, 9.17) is 18.5 Å². The minimum atomic E-state index is -4.50. The standard InChI is InChI=1S/C29H52FN2O9P/c1-3-4-5-6-7-8-9-10-11-12-13-14-15-16-20-38-21-17-22-39-42(36,37)40-23-24-26(34)29(2,30)27(41-24)32-19-18-25(33)31-28(32)35/h18-19,24,26-27,34H,3-17,20-23H2,1-2H3,(H,36,37)(H,31,33,35)/t24-,26-,27-,29-/m1/s1. The van der Waals surface area contributed by atoms with Crippen LogP contribution in [0.5, 0.6) is 0 Å². The molecule has 1 aromatic heterocycles. The van der Waals surface area contributed by atoms with Crippen LogP contribution in [0.2, 0.25) is 0 Å². The Labute approximate surface area is 248 Å². The lowest BCUT2D eigenvalue weighted by atomic mass is 9.98. The lowest BCUT2D eigenvalue weighted by Gasteiger charge is -2.24. The normalized spacial score (nSPS) is 23.8. The van der Waals surface area contributed by atoms with Crippen molar-refractivity contribution in [3.63, 3.8) is 0 Å². The molecule has 1 aromatic rings. The summed E-state index contributed by atoms with van der Waals surface area (Å²) in [6, 6.07) is 1.01. The van der Waals surface area contributed by atoms with Gasteiger partial charge in [-0.3, -0.25) is 23.4 Å². The summed E-state index contributed by atoms with van der Waals surface area (Å²) in [6.45, 7) is 3.53. The van der Waals surface area contributed by atoms with Gasteiger partial charge in [-0.1, -0.05) is 90.4 Å². The number of phosphoric ester groups is 1. The van der Waals surface area contributed by atoms with Crippen molar-refractivity contribution in [3.8, 4) is 0 Å². The van der Waals surface area contributed by atoms with E-state index in [0.29, 0.717) is 19.6 Å². The summed E-state index contributed by atoms with van der Waals surface area (Å²) in [7, 11) is -4.50. The first kappa shape index (κ1) is 36.8. The summed E-state index contributed by atoms with van der Waals surface area (Å²) in [5.41, 5.74) is -4.04. The Morgan fingerprint density at radius 1 is 0.929 bits per heavy atom. The maximum absolute atomic E-state index is 15.2. The zero-order chi connectivity index (χ0) is 30.8. The van der Waals surface area contributed by atoms with Crippen LogP contribution in [-0.4, -0.2) is 63.9 Å². The fourth-order valence-electron chi connectivity index (χ4n) is 5.01. The number of nitrogens with one attached hydrogen (secondary N) is 1. The van der Waals surface area contributed by atoms with Gasteiger partial charge in [-0.25, -0.2) is 13.8 Å². The van der Waals surface area contributed by atoms with E-state index < -0.39 is 49.8 Å². The number of aromatic amines is 1. The van der Waals surface area contributed by atoms with Crippen LogP contribution >= 0.6 is 7.82 Å². The van der Waals surface area contributed by atoms with Crippen molar-refractivity contribution < 1.29 is 37.5 Å². The van der Waals surface area contributed by atoms with Crippen LogP contribution in [0.4, 0.5) is 4.39 Å². The molecule has 1 fully saturated rings. The van der Waals surface area contributed by atoms with E-state index in [2.05, 4.69) is 6.92 Å². The van der Waals surface area contributed by atoms with Crippen LogP contribution in [0, 0.1) is 0 Å². The van der Waals surface area contributed by atoms with Gasteiger partial charge in [-0.15, -0.1) is 0 Å². The molecule has 1 unspecified atom stereocenters. The molecule has 11 nitrogen and oxygen atoms in total. The lowest BCUT2D eigenvalue weighted by molar-refractivity contribution is -0.0612. The first-order chi connectivity index (χ1) is 20.1. The Balaban J connectivity index is 1.48. The number of H-pyrrole nitrogens is 1. The van der Waals surface area contributed by atoms with Gasteiger partial charge in [0.1, 0.15) is 12.2 Å². The molecule has 42 heavy (non-hydrogen) atoms. The molecule has 1 saturated heterocycles. The lowest BCUT2D eigenvalue weighted by Crippen LogP contribution is -2.43. The van der Waals surface area contributed by atoms with Crippen LogP contribution in [0.3, 0.4) is 0 Å². The van der Waals surface area contributed by atoms with E-state index in [1.165, 1.54) is 77.0 Å². The van der Waals surface area contributed by atoms with Crippen LogP contribution in [0.15, 0.2) is 21.9 Å². The summed E-state index contributed by atoms with van der Waals surface area (Å²) >= 11 is 0. The highest BCUT2D eigenvalue weighted by Gasteiger charge is 2.55. The number of ether oxygens (including phenoxy) is 2. The Bertz CT molecular complexity index is 1030. The molecule has 1 aliphatic heterocycles. The highest BCUT2D eigenvalue weighted by molar-refractivity contribution is 7.47. The van der Waals surface area contributed by atoms with Gasteiger partial charge in [0.05, 0.1) is 13.2 Å². The number of halogens is 1. The number of nitrogens with zero attached hydrogens (tertiary/aromatic N) is 1. The SMILES string of the molecule is CCCCCCCCCCCCCCCCOCCCOP(=O)(O)OC[C@H]1O[C@@H](n2ccc(=O)[nH]c2=O)[C@](C)(F)[C@@H]1O. The van der Waals surface area contributed by atoms with Crippen molar-refractivity contribution in [2.75, 3.05) is 26.4 Å². The molecule has 0 saturated carbocycles. The molecule has 0 aliphatic carbocycles. The minimum absolute atomic E-state index is 0.0865. The fourth-order valence-corrected chi connectivity index (χ4v) is 5.78. The van der Waals surface area contributed by atoms with Gasteiger partial charge in [0, 0.05) is 25.5 Å². The van der Waals surface area contributed by atoms with Crippen LogP contribution in [0.1, 0.15) is 116 Å². The van der Waals surface area contributed by atoms with Crippen molar-refractivity contribution in [1.82, 2.24) is 9.55 Å². The summed E-state index contributed by atoms with van der Waals surface area (Å²) in [4.78, 5) is 35.2. The highest BCUT2D eigenvalue weighted by atomic mass is 31.2. The predicted octanol–water partition coefficient (Wildman–Crippen LogP) is 5.54.